The van der Waals surface area contributed by atoms with E-state index in [0.29, 0.717) is 13.0 Å². The van der Waals surface area contributed by atoms with E-state index in [9.17, 15) is 20.0 Å². The zero-order valence-corrected chi connectivity index (χ0v) is 10.6. The van der Waals surface area contributed by atoms with Gasteiger partial charge in [0.1, 0.15) is 0 Å². The maximum atomic E-state index is 12.2. The van der Waals surface area contributed by atoms with E-state index in [1.54, 1.807) is 0 Å². The second-order valence-electron chi connectivity index (χ2n) is 3.95. The van der Waals surface area contributed by atoms with Crippen LogP contribution in [0.1, 0.15) is 23.7 Å². The van der Waals surface area contributed by atoms with Gasteiger partial charge in [-0.05, 0) is 12.5 Å². The van der Waals surface area contributed by atoms with Gasteiger partial charge >= 0.3 is 5.69 Å². The molecule has 7 heteroatoms. The summed E-state index contributed by atoms with van der Waals surface area (Å²) in [5.41, 5.74) is -0.637. The van der Waals surface area contributed by atoms with E-state index in [2.05, 4.69) is 0 Å². The molecular formula is C12H16N2O5. The second kappa shape index (κ2) is 6.69. The van der Waals surface area contributed by atoms with E-state index in [1.807, 2.05) is 6.92 Å². The van der Waals surface area contributed by atoms with Crippen molar-refractivity contribution < 1.29 is 19.9 Å². The fraction of sp³-hybridized carbons (Fsp3) is 0.417. The summed E-state index contributed by atoms with van der Waals surface area (Å²) in [6, 6.07) is 3.79. The normalized spacial score (nSPS) is 10.2. The number of nitro benzene ring substituents is 1. The van der Waals surface area contributed by atoms with E-state index >= 15 is 0 Å². The molecule has 7 nitrogen and oxygen atoms in total. The monoisotopic (exact) mass is 268 g/mol. The number of hydrogen-bond acceptors (Lipinski definition) is 5. The van der Waals surface area contributed by atoms with Crippen molar-refractivity contribution in [3.63, 3.8) is 0 Å². The van der Waals surface area contributed by atoms with E-state index in [0.717, 1.165) is 6.07 Å². The Bertz CT molecular complexity index is 469. The predicted octanol–water partition coefficient (Wildman–Crippen LogP) is 1.14. The number of para-hydroxylation sites is 1. The third kappa shape index (κ3) is 3.41. The highest BCUT2D eigenvalue weighted by atomic mass is 16.6. The summed E-state index contributed by atoms with van der Waals surface area (Å²) >= 11 is 0. The largest absolute Gasteiger partial charge is 0.502 e. The highest BCUT2D eigenvalue weighted by Crippen LogP contribution is 2.30. The predicted molar refractivity (Wildman–Crippen MR) is 68.0 cm³/mol. The maximum absolute atomic E-state index is 12.2. The number of phenolic OH excluding ortho intramolecular Hbond substituents is 1. The molecule has 0 radical (unpaired) electrons. The number of aliphatic hydroxyl groups excluding tert-OH is 1. The summed E-state index contributed by atoms with van der Waals surface area (Å²) in [5.74, 6) is -1.17. The summed E-state index contributed by atoms with van der Waals surface area (Å²) in [7, 11) is 0. The van der Waals surface area contributed by atoms with Crippen LogP contribution in [0.25, 0.3) is 0 Å². The zero-order valence-electron chi connectivity index (χ0n) is 10.6. The van der Waals surface area contributed by atoms with Crippen LogP contribution in [0.2, 0.25) is 0 Å². The van der Waals surface area contributed by atoms with E-state index in [1.165, 1.54) is 17.0 Å². The summed E-state index contributed by atoms with van der Waals surface area (Å²) in [4.78, 5) is 23.4. The number of aliphatic hydroxyl groups is 1. The van der Waals surface area contributed by atoms with Crippen LogP contribution in [0, 0.1) is 10.1 Å². The smallest absolute Gasteiger partial charge is 0.311 e. The Morgan fingerprint density at radius 3 is 2.63 bits per heavy atom. The molecule has 2 N–H and O–H groups in total. The number of carbonyl (C=O) groups excluding carboxylic acids is 1. The Hall–Kier alpha value is -2.15. The topological polar surface area (TPSA) is 104 Å². The Balaban J connectivity index is 3.10. The molecule has 0 bridgehead atoms. The molecule has 1 amide bonds. The van der Waals surface area contributed by atoms with Crippen molar-refractivity contribution in [3.8, 4) is 5.75 Å². The number of benzene rings is 1. The van der Waals surface area contributed by atoms with Crippen molar-refractivity contribution in [2.24, 2.45) is 0 Å². The van der Waals surface area contributed by atoms with Crippen LogP contribution in [0.3, 0.4) is 0 Å². The molecular weight excluding hydrogens is 252 g/mol. The van der Waals surface area contributed by atoms with Crippen molar-refractivity contribution in [3.05, 3.63) is 33.9 Å². The molecule has 0 saturated carbocycles. The van der Waals surface area contributed by atoms with Crippen molar-refractivity contribution in [1.82, 2.24) is 4.90 Å². The van der Waals surface area contributed by atoms with Crippen molar-refractivity contribution in [1.29, 1.82) is 0 Å². The SMILES string of the molecule is CCCN(CCO)C(=O)c1cccc([N+](=O)[O-])c1O. The van der Waals surface area contributed by atoms with Gasteiger partial charge in [-0.1, -0.05) is 13.0 Å². The van der Waals surface area contributed by atoms with Crippen LogP contribution >= 0.6 is 0 Å². The van der Waals surface area contributed by atoms with Crippen LogP contribution in [0.15, 0.2) is 18.2 Å². The highest BCUT2D eigenvalue weighted by Gasteiger charge is 2.24. The lowest BCUT2D eigenvalue weighted by molar-refractivity contribution is -0.385. The van der Waals surface area contributed by atoms with E-state index in [-0.39, 0.29) is 18.7 Å². The molecule has 0 aliphatic rings. The van der Waals surface area contributed by atoms with Crippen LogP contribution in [-0.2, 0) is 0 Å². The first-order valence-electron chi connectivity index (χ1n) is 5.89. The standard InChI is InChI=1S/C12H16N2O5/c1-2-6-13(7-8-15)12(17)9-4-3-5-10(11(9)16)14(18)19/h3-5,15-16H,2,6-8H2,1H3. The number of hydrogen-bond donors (Lipinski definition) is 2. The van der Waals surface area contributed by atoms with Gasteiger partial charge < -0.3 is 15.1 Å². The molecule has 0 aliphatic heterocycles. The first-order chi connectivity index (χ1) is 9.02. The van der Waals surface area contributed by atoms with Crippen LogP contribution < -0.4 is 0 Å². The van der Waals surface area contributed by atoms with Crippen LogP contribution in [0.5, 0.6) is 5.75 Å². The van der Waals surface area contributed by atoms with Crippen molar-refractivity contribution in [2.45, 2.75) is 13.3 Å². The lowest BCUT2D eigenvalue weighted by Crippen LogP contribution is -2.34. The molecule has 104 valence electrons. The van der Waals surface area contributed by atoms with Gasteiger partial charge in [-0.2, -0.15) is 0 Å². The first kappa shape index (κ1) is 14.9. The third-order valence-electron chi connectivity index (χ3n) is 2.59. The van der Waals surface area contributed by atoms with Gasteiger partial charge in [0.15, 0.2) is 0 Å². The third-order valence-corrected chi connectivity index (χ3v) is 2.59. The average Bonchev–Trinajstić information content (AvgIpc) is 2.37. The summed E-state index contributed by atoms with van der Waals surface area (Å²) < 4.78 is 0. The minimum atomic E-state index is -0.748. The van der Waals surface area contributed by atoms with Gasteiger partial charge in [0, 0.05) is 19.2 Å². The van der Waals surface area contributed by atoms with Gasteiger partial charge in [-0.15, -0.1) is 0 Å². The number of amides is 1. The fourth-order valence-corrected chi connectivity index (χ4v) is 1.73. The molecule has 1 aromatic rings. The maximum Gasteiger partial charge on any atom is 0.311 e. The Morgan fingerprint density at radius 1 is 1.42 bits per heavy atom. The molecule has 1 rings (SSSR count). The molecule has 0 aromatic heterocycles. The minimum Gasteiger partial charge on any atom is -0.502 e. The number of nitro groups is 1. The first-order valence-corrected chi connectivity index (χ1v) is 5.89. The average molecular weight is 268 g/mol. The Kier molecular flexibility index (Phi) is 5.25. The molecule has 0 saturated heterocycles. The summed E-state index contributed by atoms with van der Waals surface area (Å²) in [5, 5.41) is 29.4. The lowest BCUT2D eigenvalue weighted by atomic mass is 10.1. The highest BCUT2D eigenvalue weighted by molar-refractivity contribution is 5.98. The summed E-state index contributed by atoms with van der Waals surface area (Å²) in [6.45, 7) is 2.18. The quantitative estimate of drug-likeness (QED) is 0.594. The van der Waals surface area contributed by atoms with E-state index < -0.39 is 22.3 Å². The van der Waals surface area contributed by atoms with Gasteiger partial charge in [-0.25, -0.2) is 0 Å². The minimum absolute atomic E-state index is 0.120. The number of nitrogens with zero attached hydrogens (tertiary/aromatic N) is 2. The number of carbonyl (C=O) groups is 1. The van der Waals surface area contributed by atoms with Crippen molar-refractivity contribution in [2.75, 3.05) is 19.7 Å². The zero-order chi connectivity index (χ0) is 14.4. The fourth-order valence-electron chi connectivity index (χ4n) is 1.73. The van der Waals surface area contributed by atoms with Crippen LogP contribution in [0.4, 0.5) is 5.69 Å². The van der Waals surface area contributed by atoms with Gasteiger partial charge in [0.2, 0.25) is 5.75 Å². The number of rotatable bonds is 6. The number of phenols is 1. The molecule has 0 unspecified atom stereocenters. The van der Waals surface area contributed by atoms with Gasteiger partial charge in [0.05, 0.1) is 17.1 Å². The van der Waals surface area contributed by atoms with Gasteiger partial charge in [-0.3, -0.25) is 14.9 Å². The molecule has 0 heterocycles. The second-order valence-corrected chi connectivity index (χ2v) is 3.95. The van der Waals surface area contributed by atoms with Crippen LogP contribution in [-0.4, -0.2) is 45.6 Å². The molecule has 0 fully saturated rings. The molecule has 1 aromatic carbocycles. The van der Waals surface area contributed by atoms with Crippen molar-refractivity contribution >= 4 is 11.6 Å². The summed E-state index contributed by atoms with van der Waals surface area (Å²) in [6.07, 6.45) is 0.682. The molecule has 0 aliphatic carbocycles. The van der Waals surface area contributed by atoms with Gasteiger partial charge in [0.25, 0.3) is 5.91 Å². The lowest BCUT2D eigenvalue weighted by Gasteiger charge is -2.21. The Morgan fingerprint density at radius 2 is 2.11 bits per heavy atom. The number of aromatic hydroxyl groups is 1. The molecule has 0 atom stereocenters. The molecule has 19 heavy (non-hydrogen) atoms. The van der Waals surface area contributed by atoms with E-state index in [4.69, 9.17) is 5.11 Å². The molecule has 0 spiro atoms. The Labute approximate surface area is 110 Å².